The number of aromatic nitrogens is 4. The van der Waals surface area contributed by atoms with Crippen LogP contribution in [0.25, 0.3) is 5.69 Å². The van der Waals surface area contributed by atoms with E-state index in [0.29, 0.717) is 28.6 Å². The van der Waals surface area contributed by atoms with Gasteiger partial charge in [0, 0.05) is 29.0 Å². The standard InChI is InChI=1S/C25H25ClFN5O2S/c1-33-23-14-19(21(26)15-24(23)34-17-18-8-5-6-11-22(18)27)16-28-12-7-13-35-25-29-30-31-32(25)20-9-3-2-4-10-20/h2-6,8-11,14-15,28H,7,12-13,16-17H2,1H3. The quantitative estimate of drug-likeness (QED) is 0.203. The maximum absolute atomic E-state index is 13.9. The number of methoxy groups -OCH3 is 1. The zero-order valence-electron chi connectivity index (χ0n) is 19.2. The van der Waals surface area contributed by atoms with Crippen LogP contribution in [0.5, 0.6) is 11.5 Å². The molecule has 3 aromatic carbocycles. The van der Waals surface area contributed by atoms with Gasteiger partial charge >= 0.3 is 0 Å². The molecule has 0 saturated heterocycles. The number of hydrogen-bond acceptors (Lipinski definition) is 7. The van der Waals surface area contributed by atoms with Gasteiger partial charge in [-0.3, -0.25) is 0 Å². The highest BCUT2D eigenvalue weighted by molar-refractivity contribution is 7.99. The third kappa shape index (κ3) is 6.72. The van der Waals surface area contributed by atoms with Crippen LogP contribution in [0.2, 0.25) is 5.02 Å². The Balaban J connectivity index is 1.25. The lowest BCUT2D eigenvalue weighted by Crippen LogP contribution is -2.16. The van der Waals surface area contributed by atoms with Crippen molar-refractivity contribution in [2.24, 2.45) is 0 Å². The number of ether oxygens (including phenoxy) is 2. The van der Waals surface area contributed by atoms with Gasteiger partial charge in [0.15, 0.2) is 11.5 Å². The van der Waals surface area contributed by atoms with Crippen LogP contribution < -0.4 is 14.8 Å². The Labute approximate surface area is 212 Å². The molecule has 0 atom stereocenters. The van der Waals surface area contributed by atoms with E-state index in [0.717, 1.165) is 35.1 Å². The van der Waals surface area contributed by atoms with Crippen molar-refractivity contribution < 1.29 is 13.9 Å². The lowest BCUT2D eigenvalue weighted by atomic mass is 10.2. The molecule has 4 rings (SSSR count). The Morgan fingerprint density at radius 1 is 1.03 bits per heavy atom. The number of nitrogens with one attached hydrogen (secondary N) is 1. The molecular weight excluding hydrogens is 489 g/mol. The van der Waals surface area contributed by atoms with Crippen molar-refractivity contribution in [3.63, 3.8) is 0 Å². The van der Waals surface area contributed by atoms with Crippen molar-refractivity contribution in [3.8, 4) is 17.2 Å². The van der Waals surface area contributed by atoms with E-state index in [4.69, 9.17) is 21.1 Å². The number of benzene rings is 3. The molecule has 0 radical (unpaired) electrons. The largest absolute Gasteiger partial charge is 0.493 e. The van der Waals surface area contributed by atoms with E-state index >= 15 is 0 Å². The minimum absolute atomic E-state index is 0.0855. The third-order valence-electron chi connectivity index (χ3n) is 5.16. The number of thioether (sulfide) groups is 1. The van der Waals surface area contributed by atoms with E-state index in [1.807, 2.05) is 36.4 Å². The topological polar surface area (TPSA) is 74.1 Å². The van der Waals surface area contributed by atoms with Crippen molar-refractivity contribution in [1.29, 1.82) is 0 Å². The van der Waals surface area contributed by atoms with Crippen LogP contribution in [0.4, 0.5) is 4.39 Å². The summed E-state index contributed by atoms with van der Waals surface area (Å²) in [6.45, 7) is 1.46. The summed E-state index contributed by atoms with van der Waals surface area (Å²) in [7, 11) is 1.57. The molecule has 1 heterocycles. The summed E-state index contributed by atoms with van der Waals surface area (Å²) in [5.41, 5.74) is 2.29. The number of rotatable bonds is 12. The number of halogens is 2. The third-order valence-corrected chi connectivity index (χ3v) is 6.52. The van der Waals surface area contributed by atoms with Gasteiger partial charge in [0.1, 0.15) is 12.4 Å². The Kier molecular flexibility index (Phi) is 8.94. The molecule has 0 aliphatic carbocycles. The molecule has 0 amide bonds. The molecule has 35 heavy (non-hydrogen) atoms. The number of hydrogen-bond donors (Lipinski definition) is 1. The fourth-order valence-corrected chi connectivity index (χ4v) is 4.39. The summed E-state index contributed by atoms with van der Waals surface area (Å²) in [5, 5.41) is 16.7. The smallest absolute Gasteiger partial charge is 0.214 e. The van der Waals surface area contributed by atoms with Gasteiger partial charge < -0.3 is 14.8 Å². The lowest BCUT2D eigenvalue weighted by Gasteiger charge is -2.14. The molecule has 0 unspecified atom stereocenters. The van der Waals surface area contributed by atoms with Crippen LogP contribution >= 0.6 is 23.4 Å². The van der Waals surface area contributed by atoms with E-state index in [2.05, 4.69) is 20.8 Å². The highest BCUT2D eigenvalue weighted by Gasteiger charge is 2.12. The van der Waals surface area contributed by atoms with Crippen LogP contribution in [0.15, 0.2) is 71.9 Å². The van der Waals surface area contributed by atoms with E-state index in [9.17, 15) is 4.39 Å². The Morgan fingerprint density at radius 3 is 2.63 bits per heavy atom. The van der Waals surface area contributed by atoms with Crippen LogP contribution in [0, 0.1) is 5.82 Å². The number of nitrogens with zero attached hydrogens (tertiary/aromatic N) is 4. The summed E-state index contributed by atoms with van der Waals surface area (Å²) >= 11 is 8.08. The van der Waals surface area contributed by atoms with Crippen molar-refractivity contribution in [2.75, 3.05) is 19.4 Å². The summed E-state index contributed by atoms with van der Waals surface area (Å²) in [6, 6.07) is 19.9. The van der Waals surface area contributed by atoms with Gasteiger partial charge in [-0.1, -0.05) is 59.8 Å². The van der Waals surface area contributed by atoms with Crippen LogP contribution in [0.3, 0.4) is 0 Å². The second kappa shape index (κ2) is 12.5. The molecule has 0 fully saturated rings. The normalized spacial score (nSPS) is 10.9. The van der Waals surface area contributed by atoms with Gasteiger partial charge in [0.05, 0.1) is 12.8 Å². The lowest BCUT2D eigenvalue weighted by molar-refractivity contribution is 0.279. The zero-order chi connectivity index (χ0) is 24.5. The monoisotopic (exact) mass is 513 g/mol. The van der Waals surface area contributed by atoms with E-state index in [1.165, 1.54) is 6.07 Å². The fourth-order valence-electron chi connectivity index (χ4n) is 3.34. The van der Waals surface area contributed by atoms with Crippen LogP contribution in [0.1, 0.15) is 17.5 Å². The Hall–Kier alpha value is -3.14. The van der Waals surface area contributed by atoms with Crippen molar-refractivity contribution >= 4 is 23.4 Å². The average Bonchev–Trinajstić information content (AvgIpc) is 3.35. The van der Waals surface area contributed by atoms with Gasteiger partial charge in [0.2, 0.25) is 5.16 Å². The van der Waals surface area contributed by atoms with Gasteiger partial charge in [-0.2, -0.15) is 4.68 Å². The Morgan fingerprint density at radius 2 is 1.83 bits per heavy atom. The number of para-hydroxylation sites is 1. The maximum atomic E-state index is 13.9. The van der Waals surface area contributed by atoms with Crippen molar-refractivity contribution in [2.45, 2.75) is 24.7 Å². The summed E-state index contributed by atoms with van der Waals surface area (Å²) in [4.78, 5) is 0. The van der Waals surface area contributed by atoms with Crippen molar-refractivity contribution in [1.82, 2.24) is 25.5 Å². The molecule has 10 heteroatoms. The molecule has 182 valence electrons. The summed E-state index contributed by atoms with van der Waals surface area (Å²) < 4.78 is 26.8. The number of tetrazole rings is 1. The Bertz CT molecular complexity index is 1240. The molecule has 7 nitrogen and oxygen atoms in total. The molecule has 1 aromatic heterocycles. The van der Waals surface area contributed by atoms with E-state index in [1.54, 1.807) is 47.8 Å². The SMILES string of the molecule is COc1cc(CNCCCSc2nnnn2-c2ccccc2)c(Cl)cc1OCc1ccccc1F. The van der Waals surface area contributed by atoms with Crippen LogP contribution in [-0.2, 0) is 13.2 Å². The summed E-state index contributed by atoms with van der Waals surface area (Å²) in [6.07, 6.45) is 0.922. The van der Waals surface area contributed by atoms with Gasteiger partial charge in [0.25, 0.3) is 0 Å². The predicted molar refractivity (Wildman–Crippen MR) is 135 cm³/mol. The zero-order valence-corrected chi connectivity index (χ0v) is 20.7. The molecule has 0 aliphatic heterocycles. The molecule has 1 N–H and O–H groups in total. The molecule has 0 spiro atoms. The van der Waals surface area contributed by atoms with Gasteiger partial charge in [-0.15, -0.1) is 5.10 Å². The minimum Gasteiger partial charge on any atom is -0.493 e. The summed E-state index contributed by atoms with van der Waals surface area (Å²) in [5.74, 6) is 1.57. The maximum Gasteiger partial charge on any atom is 0.214 e. The second-order valence-electron chi connectivity index (χ2n) is 7.56. The first-order valence-electron chi connectivity index (χ1n) is 11.1. The molecular formula is C25H25ClFN5O2S. The average molecular weight is 514 g/mol. The van der Waals surface area contributed by atoms with E-state index in [-0.39, 0.29) is 12.4 Å². The van der Waals surface area contributed by atoms with Crippen LogP contribution in [-0.4, -0.2) is 39.6 Å². The first-order chi connectivity index (χ1) is 17.2. The minimum atomic E-state index is -0.312. The highest BCUT2D eigenvalue weighted by atomic mass is 35.5. The molecule has 0 bridgehead atoms. The van der Waals surface area contributed by atoms with E-state index < -0.39 is 0 Å². The second-order valence-corrected chi connectivity index (χ2v) is 9.03. The van der Waals surface area contributed by atoms with Gasteiger partial charge in [-0.05, 0) is 53.2 Å². The first-order valence-corrected chi connectivity index (χ1v) is 12.4. The predicted octanol–water partition coefficient (Wildman–Crippen LogP) is 5.31. The first kappa shape index (κ1) is 25.0. The van der Waals surface area contributed by atoms with Gasteiger partial charge in [-0.25, -0.2) is 4.39 Å². The fraction of sp³-hybridized carbons (Fsp3) is 0.240. The van der Waals surface area contributed by atoms with Crippen molar-refractivity contribution in [3.05, 3.63) is 88.7 Å². The molecule has 0 aliphatic rings. The molecule has 4 aromatic rings. The molecule has 0 saturated carbocycles. The highest BCUT2D eigenvalue weighted by Crippen LogP contribution is 2.34.